The summed E-state index contributed by atoms with van der Waals surface area (Å²) in [5.74, 6) is -0.809. The van der Waals surface area contributed by atoms with Gasteiger partial charge >= 0.3 is 5.97 Å². The molecule has 0 saturated carbocycles. The number of carbonyl (C=O) groups is 1. The summed E-state index contributed by atoms with van der Waals surface area (Å²) in [6, 6.07) is 6.29. The van der Waals surface area contributed by atoms with Crippen LogP contribution in [-0.4, -0.2) is 26.1 Å². The molecule has 2 aromatic rings. The molecule has 1 heterocycles. The third-order valence-corrected chi connectivity index (χ3v) is 3.75. The maximum Gasteiger partial charge on any atom is 0.303 e. The predicted octanol–water partition coefficient (Wildman–Crippen LogP) is 2.16. The van der Waals surface area contributed by atoms with E-state index in [0.29, 0.717) is 6.42 Å². The summed E-state index contributed by atoms with van der Waals surface area (Å²) in [7, 11) is 0. The van der Waals surface area contributed by atoms with Gasteiger partial charge in [-0.25, -0.2) is 4.68 Å². The normalized spacial score (nSPS) is 14.0. The molecule has 0 amide bonds. The van der Waals surface area contributed by atoms with E-state index in [4.69, 9.17) is 5.11 Å². The largest absolute Gasteiger partial charge is 0.481 e. The average molecular weight is 271 g/mol. The van der Waals surface area contributed by atoms with Gasteiger partial charge in [-0.05, 0) is 42.9 Å². The molecular weight excluding hydrogens is 254 g/mol. The highest BCUT2D eigenvalue weighted by atomic mass is 16.4. The van der Waals surface area contributed by atoms with E-state index in [-0.39, 0.29) is 6.42 Å². The number of fused-ring (bicyclic) bond motifs is 1. The number of aliphatic carboxylic acids is 1. The van der Waals surface area contributed by atoms with Gasteiger partial charge in [-0.3, -0.25) is 4.79 Å². The highest BCUT2D eigenvalue weighted by Gasteiger charge is 2.15. The fourth-order valence-electron chi connectivity index (χ4n) is 2.74. The fraction of sp³-hybridized carbons (Fsp3) is 0.400. The quantitative estimate of drug-likeness (QED) is 0.925. The molecule has 0 aliphatic heterocycles. The van der Waals surface area contributed by atoms with Gasteiger partial charge in [0.05, 0.1) is 24.0 Å². The smallest absolute Gasteiger partial charge is 0.303 e. The summed E-state index contributed by atoms with van der Waals surface area (Å²) in [5, 5.41) is 16.9. The molecule has 0 unspecified atom stereocenters. The summed E-state index contributed by atoms with van der Waals surface area (Å²) in [4.78, 5) is 10.6. The molecule has 0 fully saturated rings. The molecule has 0 radical (unpaired) electrons. The van der Waals surface area contributed by atoms with E-state index in [9.17, 15) is 4.79 Å². The van der Waals surface area contributed by atoms with E-state index in [2.05, 4.69) is 28.5 Å². The zero-order chi connectivity index (χ0) is 13.9. The molecule has 20 heavy (non-hydrogen) atoms. The molecule has 1 aliphatic rings. The minimum Gasteiger partial charge on any atom is -0.481 e. The molecule has 0 atom stereocenters. The van der Waals surface area contributed by atoms with Crippen molar-refractivity contribution in [3.63, 3.8) is 0 Å². The number of rotatable bonds is 4. The summed E-state index contributed by atoms with van der Waals surface area (Å²) in [5.41, 5.74) is 4.56. The van der Waals surface area contributed by atoms with Gasteiger partial charge in [0.15, 0.2) is 0 Å². The van der Waals surface area contributed by atoms with Crippen molar-refractivity contribution in [3.8, 4) is 5.69 Å². The number of aromatic nitrogens is 3. The van der Waals surface area contributed by atoms with Crippen molar-refractivity contribution < 1.29 is 9.90 Å². The molecule has 5 nitrogen and oxygen atoms in total. The van der Waals surface area contributed by atoms with Crippen LogP contribution in [0.5, 0.6) is 0 Å². The standard InChI is InChI=1S/C15H17N3O2/c19-15(20)9-8-12-10-18(17-16-12)14-7-3-5-11-4-1-2-6-13(11)14/h3,5,7,10H,1-2,4,6,8-9H2,(H,19,20). The van der Waals surface area contributed by atoms with Gasteiger partial charge in [0.1, 0.15) is 0 Å². The maximum absolute atomic E-state index is 10.6. The second-order valence-electron chi connectivity index (χ2n) is 5.17. The first kappa shape index (κ1) is 12.8. The van der Waals surface area contributed by atoms with Crippen LogP contribution in [0.2, 0.25) is 0 Å². The maximum atomic E-state index is 10.6. The van der Waals surface area contributed by atoms with Crippen molar-refractivity contribution in [1.82, 2.24) is 15.0 Å². The second kappa shape index (κ2) is 5.45. The van der Waals surface area contributed by atoms with Gasteiger partial charge in [-0.2, -0.15) is 0 Å². The minimum atomic E-state index is -0.809. The van der Waals surface area contributed by atoms with Gasteiger partial charge in [-0.1, -0.05) is 17.3 Å². The molecule has 3 rings (SSSR count). The summed E-state index contributed by atoms with van der Waals surface area (Å²) < 4.78 is 1.78. The molecule has 1 aromatic heterocycles. The van der Waals surface area contributed by atoms with Crippen LogP contribution in [0.15, 0.2) is 24.4 Å². The van der Waals surface area contributed by atoms with Crippen molar-refractivity contribution in [1.29, 1.82) is 0 Å². The first-order valence-corrected chi connectivity index (χ1v) is 6.98. The molecular formula is C15H17N3O2. The summed E-state index contributed by atoms with van der Waals surface area (Å²) in [6.45, 7) is 0. The molecule has 104 valence electrons. The lowest BCUT2D eigenvalue weighted by molar-refractivity contribution is -0.136. The third kappa shape index (κ3) is 2.57. The van der Waals surface area contributed by atoms with Crippen molar-refractivity contribution in [3.05, 3.63) is 41.2 Å². The third-order valence-electron chi connectivity index (χ3n) is 3.75. The van der Waals surface area contributed by atoms with Gasteiger partial charge in [-0.15, -0.1) is 5.10 Å². The zero-order valence-electron chi connectivity index (χ0n) is 11.2. The number of aryl methyl sites for hydroxylation is 2. The Morgan fingerprint density at radius 1 is 1.30 bits per heavy atom. The van der Waals surface area contributed by atoms with Crippen LogP contribution in [0.4, 0.5) is 0 Å². The summed E-state index contributed by atoms with van der Waals surface area (Å²) >= 11 is 0. The van der Waals surface area contributed by atoms with E-state index < -0.39 is 5.97 Å². The summed E-state index contributed by atoms with van der Waals surface area (Å²) in [6.07, 6.45) is 7.02. The average Bonchev–Trinajstić information content (AvgIpc) is 2.93. The van der Waals surface area contributed by atoms with Crippen LogP contribution in [0, 0.1) is 0 Å². The second-order valence-corrected chi connectivity index (χ2v) is 5.17. The van der Waals surface area contributed by atoms with E-state index in [1.165, 1.54) is 24.0 Å². The highest BCUT2D eigenvalue weighted by Crippen LogP contribution is 2.26. The van der Waals surface area contributed by atoms with Crippen LogP contribution >= 0.6 is 0 Å². The van der Waals surface area contributed by atoms with E-state index in [0.717, 1.165) is 24.2 Å². The van der Waals surface area contributed by atoms with E-state index in [1.807, 2.05) is 6.20 Å². The van der Waals surface area contributed by atoms with Gasteiger partial charge in [0.25, 0.3) is 0 Å². The highest BCUT2D eigenvalue weighted by molar-refractivity contribution is 5.66. The Morgan fingerprint density at radius 3 is 3.00 bits per heavy atom. The van der Waals surface area contributed by atoms with Gasteiger partial charge in [0, 0.05) is 6.42 Å². The zero-order valence-corrected chi connectivity index (χ0v) is 11.2. The number of carboxylic acids is 1. The molecule has 0 saturated heterocycles. The SMILES string of the molecule is O=C(O)CCc1cn(-c2cccc3c2CCCC3)nn1. The van der Waals surface area contributed by atoms with Crippen LogP contribution in [0.1, 0.15) is 36.1 Å². The number of carboxylic acid groups (broad SMARTS) is 1. The van der Waals surface area contributed by atoms with E-state index >= 15 is 0 Å². The Hall–Kier alpha value is -2.17. The van der Waals surface area contributed by atoms with E-state index in [1.54, 1.807) is 4.68 Å². The first-order valence-electron chi connectivity index (χ1n) is 6.98. The minimum absolute atomic E-state index is 0.0889. The topological polar surface area (TPSA) is 68.0 Å². The monoisotopic (exact) mass is 271 g/mol. The van der Waals surface area contributed by atoms with Crippen LogP contribution < -0.4 is 0 Å². The molecule has 1 aliphatic carbocycles. The number of hydrogen-bond acceptors (Lipinski definition) is 3. The number of hydrogen-bond donors (Lipinski definition) is 1. The Kier molecular flexibility index (Phi) is 3.50. The Labute approximate surface area is 117 Å². The Balaban J connectivity index is 1.88. The van der Waals surface area contributed by atoms with Crippen molar-refractivity contribution in [2.45, 2.75) is 38.5 Å². The lowest BCUT2D eigenvalue weighted by Gasteiger charge is -2.18. The molecule has 1 N–H and O–H groups in total. The number of benzene rings is 1. The Morgan fingerprint density at radius 2 is 2.15 bits per heavy atom. The first-order chi connectivity index (χ1) is 9.74. The lowest BCUT2D eigenvalue weighted by Crippen LogP contribution is -2.08. The molecule has 0 spiro atoms. The van der Waals surface area contributed by atoms with Gasteiger partial charge < -0.3 is 5.11 Å². The molecule has 1 aromatic carbocycles. The van der Waals surface area contributed by atoms with Gasteiger partial charge in [0.2, 0.25) is 0 Å². The molecule has 0 bridgehead atoms. The van der Waals surface area contributed by atoms with Crippen molar-refractivity contribution >= 4 is 5.97 Å². The lowest BCUT2D eigenvalue weighted by atomic mass is 9.90. The van der Waals surface area contributed by atoms with Crippen LogP contribution in [0.3, 0.4) is 0 Å². The fourth-order valence-corrected chi connectivity index (χ4v) is 2.74. The van der Waals surface area contributed by atoms with Crippen LogP contribution in [-0.2, 0) is 24.1 Å². The van der Waals surface area contributed by atoms with Crippen molar-refractivity contribution in [2.75, 3.05) is 0 Å². The van der Waals surface area contributed by atoms with Crippen molar-refractivity contribution in [2.24, 2.45) is 0 Å². The Bertz CT molecular complexity index is 634. The number of nitrogens with zero attached hydrogens (tertiary/aromatic N) is 3. The van der Waals surface area contributed by atoms with Crippen LogP contribution in [0.25, 0.3) is 5.69 Å². The predicted molar refractivity (Wildman–Crippen MR) is 74.0 cm³/mol. The molecule has 5 heteroatoms.